The topological polar surface area (TPSA) is 46.2 Å². The monoisotopic (exact) mass is 181 g/mol. The second kappa shape index (κ2) is 4.18. The maximum absolute atomic E-state index is 9.12. The van der Waals surface area contributed by atoms with Crippen molar-refractivity contribution in [2.24, 2.45) is 5.73 Å². The fourth-order valence-electron chi connectivity index (χ4n) is 1.06. The van der Waals surface area contributed by atoms with E-state index in [0.29, 0.717) is 6.54 Å². The van der Waals surface area contributed by atoms with E-state index in [1.165, 1.54) is 0 Å². The summed E-state index contributed by atoms with van der Waals surface area (Å²) in [5.41, 5.74) is 6.42. The number of thiocarbonyl (C=S) groups is 1. The van der Waals surface area contributed by atoms with Crippen LogP contribution in [0.1, 0.15) is 11.5 Å². The molecule has 1 atom stereocenters. The van der Waals surface area contributed by atoms with Gasteiger partial charge in [0, 0.05) is 6.54 Å². The lowest BCUT2D eigenvalue weighted by molar-refractivity contribution is 0.533. The van der Waals surface area contributed by atoms with Crippen molar-refractivity contribution in [1.29, 1.82) is 0 Å². The molecule has 0 aliphatic rings. The second-order valence-electron chi connectivity index (χ2n) is 2.54. The molecule has 0 fully saturated rings. The molecule has 1 rings (SSSR count). The van der Waals surface area contributed by atoms with Crippen LogP contribution in [0.4, 0.5) is 0 Å². The molecule has 2 nitrogen and oxygen atoms in total. The van der Waals surface area contributed by atoms with Gasteiger partial charge in [-0.2, -0.15) is 0 Å². The van der Waals surface area contributed by atoms with Crippen molar-refractivity contribution >= 4 is 17.3 Å². The molecule has 0 radical (unpaired) electrons. The largest absolute Gasteiger partial charge is 0.501 e. The van der Waals surface area contributed by atoms with Crippen LogP contribution in [0, 0.1) is 0 Å². The third-order valence-corrected chi connectivity index (χ3v) is 2.02. The SMILES string of the molecule is NCC(C(O)=S)c1ccccc1. The third-order valence-electron chi connectivity index (χ3n) is 1.74. The average Bonchev–Trinajstić information content (AvgIpc) is 2.07. The minimum Gasteiger partial charge on any atom is -0.501 e. The van der Waals surface area contributed by atoms with Gasteiger partial charge in [0.15, 0.2) is 5.05 Å². The molecule has 0 aliphatic heterocycles. The first-order valence-electron chi connectivity index (χ1n) is 3.73. The van der Waals surface area contributed by atoms with E-state index in [1.54, 1.807) is 0 Å². The van der Waals surface area contributed by atoms with E-state index in [1.807, 2.05) is 30.3 Å². The first-order chi connectivity index (χ1) is 5.75. The Hall–Kier alpha value is -0.930. The highest BCUT2D eigenvalue weighted by atomic mass is 32.1. The van der Waals surface area contributed by atoms with Crippen LogP contribution >= 0.6 is 12.2 Å². The molecule has 0 aromatic heterocycles. The highest BCUT2D eigenvalue weighted by Crippen LogP contribution is 2.14. The Labute approximate surface area is 77.0 Å². The van der Waals surface area contributed by atoms with E-state index in [4.69, 9.17) is 10.8 Å². The smallest absolute Gasteiger partial charge is 0.165 e. The van der Waals surface area contributed by atoms with Gasteiger partial charge in [-0.1, -0.05) is 30.3 Å². The Bertz CT molecular complexity index is 260. The van der Waals surface area contributed by atoms with Gasteiger partial charge in [0.05, 0.1) is 5.92 Å². The summed E-state index contributed by atoms with van der Waals surface area (Å²) in [6.07, 6.45) is 0. The first-order valence-corrected chi connectivity index (χ1v) is 4.14. The molecule has 0 saturated carbocycles. The predicted octanol–water partition coefficient (Wildman–Crippen LogP) is 1.61. The minimum atomic E-state index is -0.207. The Morgan fingerprint density at radius 2 is 2.00 bits per heavy atom. The van der Waals surface area contributed by atoms with Crippen molar-refractivity contribution < 1.29 is 5.11 Å². The standard InChI is InChI=1S/C9H11NOS/c10-6-8(9(11)12)7-4-2-1-3-5-7/h1-5,8H,6,10H2,(H,11,12). The summed E-state index contributed by atoms with van der Waals surface area (Å²) in [7, 11) is 0. The van der Waals surface area contributed by atoms with Crippen LogP contribution in [0.5, 0.6) is 0 Å². The molecule has 1 aromatic rings. The lowest BCUT2D eigenvalue weighted by Crippen LogP contribution is -2.19. The molecule has 1 unspecified atom stereocenters. The molecule has 0 aliphatic carbocycles. The zero-order chi connectivity index (χ0) is 8.97. The van der Waals surface area contributed by atoms with Crippen molar-refractivity contribution in [2.75, 3.05) is 6.54 Å². The molecule has 0 spiro atoms. The van der Waals surface area contributed by atoms with Crippen molar-refractivity contribution in [2.45, 2.75) is 5.92 Å². The van der Waals surface area contributed by atoms with Crippen LogP contribution in [-0.2, 0) is 0 Å². The maximum Gasteiger partial charge on any atom is 0.165 e. The normalized spacial score (nSPS) is 12.4. The van der Waals surface area contributed by atoms with Crippen LogP contribution in [0.2, 0.25) is 0 Å². The van der Waals surface area contributed by atoms with E-state index >= 15 is 0 Å². The highest BCUT2D eigenvalue weighted by molar-refractivity contribution is 7.80. The van der Waals surface area contributed by atoms with E-state index in [-0.39, 0.29) is 11.0 Å². The lowest BCUT2D eigenvalue weighted by atomic mass is 10.0. The van der Waals surface area contributed by atoms with Crippen molar-refractivity contribution in [3.63, 3.8) is 0 Å². The molecular weight excluding hydrogens is 170 g/mol. The number of rotatable bonds is 3. The van der Waals surface area contributed by atoms with E-state index < -0.39 is 0 Å². The number of aliphatic hydroxyl groups is 1. The molecule has 1 aromatic carbocycles. The fourth-order valence-corrected chi connectivity index (χ4v) is 1.30. The van der Waals surface area contributed by atoms with Crippen LogP contribution in [-0.4, -0.2) is 16.7 Å². The van der Waals surface area contributed by atoms with Gasteiger partial charge >= 0.3 is 0 Å². The van der Waals surface area contributed by atoms with E-state index in [2.05, 4.69) is 12.2 Å². The van der Waals surface area contributed by atoms with Crippen molar-refractivity contribution in [1.82, 2.24) is 0 Å². The van der Waals surface area contributed by atoms with Gasteiger partial charge in [-0.25, -0.2) is 0 Å². The minimum absolute atomic E-state index is 0.0382. The summed E-state index contributed by atoms with van der Waals surface area (Å²) < 4.78 is 0. The Kier molecular flexibility index (Phi) is 3.19. The maximum atomic E-state index is 9.12. The fraction of sp³-hybridized carbons (Fsp3) is 0.222. The zero-order valence-corrected chi connectivity index (χ0v) is 7.42. The van der Waals surface area contributed by atoms with Gasteiger partial charge in [-0.05, 0) is 17.8 Å². The Morgan fingerprint density at radius 3 is 2.42 bits per heavy atom. The van der Waals surface area contributed by atoms with Crippen LogP contribution in [0.25, 0.3) is 0 Å². The van der Waals surface area contributed by atoms with Crippen LogP contribution < -0.4 is 5.73 Å². The van der Waals surface area contributed by atoms with Crippen LogP contribution in [0.15, 0.2) is 30.3 Å². The molecule has 0 bridgehead atoms. The summed E-state index contributed by atoms with van der Waals surface area (Å²) in [5.74, 6) is -0.207. The number of aliphatic hydroxyl groups excluding tert-OH is 1. The summed E-state index contributed by atoms with van der Waals surface area (Å²) in [5, 5.41) is 9.08. The molecule has 0 amide bonds. The molecule has 3 N–H and O–H groups in total. The van der Waals surface area contributed by atoms with Crippen molar-refractivity contribution in [3.05, 3.63) is 35.9 Å². The molecular formula is C9H11NOS. The average molecular weight is 181 g/mol. The van der Waals surface area contributed by atoms with Crippen LogP contribution in [0.3, 0.4) is 0 Å². The highest BCUT2D eigenvalue weighted by Gasteiger charge is 2.12. The summed E-state index contributed by atoms with van der Waals surface area (Å²) in [6.45, 7) is 0.347. The molecule has 0 heterocycles. The zero-order valence-electron chi connectivity index (χ0n) is 6.60. The van der Waals surface area contributed by atoms with Gasteiger partial charge < -0.3 is 10.8 Å². The number of benzene rings is 1. The van der Waals surface area contributed by atoms with Gasteiger partial charge in [0.1, 0.15) is 0 Å². The molecule has 3 heteroatoms. The number of hydrogen-bond donors (Lipinski definition) is 2. The summed E-state index contributed by atoms with van der Waals surface area (Å²) in [4.78, 5) is 0. The molecule has 64 valence electrons. The van der Waals surface area contributed by atoms with E-state index in [9.17, 15) is 0 Å². The van der Waals surface area contributed by atoms with Gasteiger partial charge in [0.25, 0.3) is 0 Å². The summed E-state index contributed by atoms with van der Waals surface area (Å²) >= 11 is 4.67. The van der Waals surface area contributed by atoms with Crippen molar-refractivity contribution in [3.8, 4) is 0 Å². The van der Waals surface area contributed by atoms with Gasteiger partial charge in [-0.3, -0.25) is 0 Å². The number of nitrogens with two attached hydrogens (primary N) is 1. The Morgan fingerprint density at radius 1 is 1.42 bits per heavy atom. The predicted molar refractivity (Wildman–Crippen MR) is 53.5 cm³/mol. The first kappa shape index (κ1) is 9.16. The molecule has 12 heavy (non-hydrogen) atoms. The third kappa shape index (κ3) is 2.03. The Balaban J connectivity index is 2.88. The lowest BCUT2D eigenvalue weighted by Gasteiger charge is -2.11. The summed E-state index contributed by atoms with van der Waals surface area (Å²) in [6, 6.07) is 9.52. The molecule has 0 saturated heterocycles. The van der Waals surface area contributed by atoms with E-state index in [0.717, 1.165) is 5.56 Å². The quantitative estimate of drug-likeness (QED) is 0.696. The number of hydrogen-bond acceptors (Lipinski definition) is 2. The second-order valence-corrected chi connectivity index (χ2v) is 2.96. The van der Waals surface area contributed by atoms with Gasteiger partial charge in [0.2, 0.25) is 0 Å². The van der Waals surface area contributed by atoms with Gasteiger partial charge in [-0.15, -0.1) is 0 Å².